The molecule has 2 amide bonds. The third-order valence-corrected chi connectivity index (χ3v) is 7.76. The number of carboxylic acids is 1. The summed E-state index contributed by atoms with van der Waals surface area (Å²) < 4.78 is 5.52. The van der Waals surface area contributed by atoms with E-state index in [4.69, 9.17) is 4.74 Å². The van der Waals surface area contributed by atoms with Crippen molar-refractivity contribution in [3.05, 3.63) is 59.7 Å². The Kier molecular flexibility index (Phi) is 7.46. The van der Waals surface area contributed by atoms with E-state index in [1.807, 2.05) is 24.3 Å². The molecule has 1 fully saturated rings. The number of benzene rings is 2. The number of nitrogens with one attached hydrogen (secondary N) is 1. The first kappa shape index (κ1) is 24.1. The zero-order valence-electron chi connectivity index (χ0n) is 19.3. The van der Waals surface area contributed by atoms with Crippen LogP contribution in [0.4, 0.5) is 4.79 Å². The molecule has 1 aliphatic carbocycles. The molecule has 2 aliphatic rings. The lowest BCUT2D eigenvalue weighted by molar-refractivity contribution is -0.152. The van der Waals surface area contributed by atoms with E-state index in [9.17, 15) is 19.5 Å². The number of likely N-dealkylation sites (tertiary alicyclic amines) is 1. The minimum absolute atomic E-state index is 0.0126. The standard InChI is InChI=1S/C26H30N2O5S/c1-26(24(30)31)10-13-28(14-11-26)23(29)17-34-15-12-27-25(32)33-16-22-20-8-4-2-6-18(20)19-7-3-5-9-21(19)22/h2-9,22H,10-17H2,1H3,(H,27,32)(H,30,31). The Bertz CT molecular complexity index is 1020. The van der Waals surface area contributed by atoms with Crippen LogP contribution in [0.3, 0.4) is 0 Å². The number of amides is 2. The van der Waals surface area contributed by atoms with Gasteiger partial charge in [-0.1, -0.05) is 48.5 Å². The summed E-state index contributed by atoms with van der Waals surface area (Å²) in [5, 5.41) is 12.1. The van der Waals surface area contributed by atoms with Gasteiger partial charge in [0.15, 0.2) is 0 Å². The molecule has 2 aromatic carbocycles. The third kappa shape index (κ3) is 5.22. The number of ether oxygens (including phenoxy) is 1. The molecule has 34 heavy (non-hydrogen) atoms. The highest BCUT2D eigenvalue weighted by Crippen LogP contribution is 2.44. The Morgan fingerprint density at radius 1 is 1.06 bits per heavy atom. The molecule has 1 heterocycles. The van der Waals surface area contributed by atoms with Gasteiger partial charge < -0.3 is 20.1 Å². The number of carboxylic acid groups (broad SMARTS) is 1. The molecule has 4 rings (SSSR count). The SMILES string of the molecule is CC1(C(=O)O)CCN(C(=O)CSCCNC(=O)OCC2c3ccccc3-c3ccccc32)CC1. The second-order valence-corrected chi connectivity index (χ2v) is 10.2. The Morgan fingerprint density at radius 2 is 1.65 bits per heavy atom. The van der Waals surface area contributed by atoms with Crippen LogP contribution in [0.5, 0.6) is 0 Å². The third-order valence-electron chi connectivity index (χ3n) is 6.82. The topological polar surface area (TPSA) is 95.9 Å². The van der Waals surface area contributed by atoms with E-state index in [-0.39, 0.29) is 18.4 Å². The van der Waals surface area contributed by atoms with E-state index in [2.05, 4.69) is 29.6 Å². The molecule has 1 saturated heterocycles. The van der Waals surface area contributed by atoms with E-state index in [0.717, 1.165) is 0 Å². The Balaban J connectivity index is 1.15. The molecule has 0 atom stereocenters. The molecule has 2 aromatic rings. The molecular formula is C26H30N2O5S. The molecule has 0 unspecified atom stereocenters. The fourth-order valence-corrected chi connectivity index (χ4v) is 5.34. The highest BCUT2D eigenvalue weighted by Gasteiger charge is 2.37. The number of fused-ring (bicyclic) bond motifs is 3. The molecule has 7 nitrogen and oxygen atoms in total. The number of nitrogens with zero attached hydrogens (tertiary/aromatic N) is 1. The average Bonchev–Trinajstić information content (AvgIpc) is 3.16. The maximum absolute atomic E-state index is 12.4. The van der Waals surface area contributed by atoms with Crippen LogP contribution in [0.1, 0.15) is 36.8 Å². The molecule has 0 aromatic heterocycles. The maximum atomic E-state index is 12.4. The maximum Gasteiger partial charge on any atom is 0.407 e. The predicted octanol–water partition coefficient (Wildman–Crippen LogP) is 3.97. The lowest BCUT2D eigenvalue weighted by Crippen LogP contribution is -2.45. The Morgan fingerprint density at radius 3 is 2.24 bits per heavy atom. The van der Waals surface area contributed by atoms with Crippen molar-refractivity contribution in [3.8, 4) is 11.1 Å². The lowest BCUT2D eigenvalue weighted by Gasteiger charge is -2.36. The molecule has 0 bridgehead atoms. The van der Waals surface area contributed by atoms with Crippen molar-refractivity contribution in [1.29, 1.82) is 0 Å². The van der Waals surface area contributed by atoms with E-state index in [0.29, 0.717) is 44.0 Å². The molecule has 8 heteroatoms. The van der Waals surface area contributed by atoms with E-state index < -0.39 is 17.5 Å². The summed E-state index contributed by atoms with van der Waals surface area (Å²) in [4.78, 5) is 37.7. The summed E-state index contributed by atoms with van der Waals surface area (Å²) in [6, 6.07) is 16.4. The van der Waals surface area contributed by atoms with Crippen molar-refractivity contribution in [2.75, 3.05) is 37.7 Å². The molecule has 0 radical (unpaired) electrons. The van der Waals surface area contributed by atoms with Gasteiger partial charge in [0.1, 0.15) is 6.61 Å². The highest BCUT2D eigenvalue weighted by molar-refractivity contribution is 7.99. The first-order valence-electron chi connectivity index (χ1n) is 11.6. The summed E-state index contributed by atoms with van der Waals surface area (Å²) in [6.45, 7) is 3.36. The number of hydrogen-bond donors (Lipinski definition) is 2. The molecule has 0 spiro atoms. The van der Waals surface area contributed by atoms with Gasteiger partial charge in [0.05, 0.1) is 11.2 Å². The number of thioether (sulfide) groups is 1. The first-order valence-corrected chi connectivity index (χ1v) is 12.7. The van der Waals surface area contributed by atoms with Crippen LogP contribution in [0.15, 0.2) is 48.5 Å². The number of carbonyl (C=O) groups is 3. The van der Waals surface area contributed by atoms with Gasteiger partial charge >= 0.3 is 12.1 Å². The van der Waals surface area contributed by atoms with Crippen LogP contribution in [0.25, 0.3) is 11.1 Å². The number of alkyl carbamates (subject to hydrolysis) is 1. The first-order chi connectivity index (χ1) is 16.4. The number of carbonyl (C=O) groups excluding carboxylic acids is 2. The largest absolute Gasteiger partial charge is 0.481 e. The summed E-state index contributed by atoms with van der Waals surface area (Å²) in [5.41, 5.74) is 3.99. The second-order valence-electron chi connectivity index (χ2n) is 9.05. The zero-order chi connectivity index (χ0) is 24.1. The lowest BCUT2D eigenvalue weighted by atomic mass is 9.80. The van der Waals surface area contributed by atoms with Crippen molar-refractivity contribution in [3.63, 3.8) is 0 Å². The van der Waals surface area contributed by atoms with Gasteiger partial charge in [0.25, 0.3) is 0 Å². The number of hydrogen-bond acceptors (Lipinski definition) is 5. The summed E-state index contributed by atoms with van der Waals surface area (Å²) >= 11 is 1.45. The number of aliphatic carboxylic acids is 1. The average molecular weight is 483 g/mol. The van der Waals surface area contributed by atoms with Crippen molar-refractivity contribution >= 4 is 29.7 Å². The van der Waals surface area contributed by atoms with Crippen molar-refractivity contribution in [2.45, 2.75) is 25.7 Å². The quantitative estimate of drug-likeness (QED) is 0.553. The van der Waals surface area contributed by atoms with Gasteiger partial charge in [-0.3, -0.25) is 9.59 Å². The van der Waals surface area contributed by atoms with Gasteiger partial charge in [-0.2, -0.15) is 11.8 Å². The van der Waals surface area contributed by atoms with Crippen LogP contribution in [0, 0.1) is 5.41 Å². The van der Waals surface area contributed by atoms with Crippen LogP contribution >= 0.6 is 11.8 Å². The number of piperidine rings is 1. The Labute approximate surface area is 203 Å². The molecule has 1 aliphatic heterocycles. The smallest absolute Gasteiger partial charge is 0.407 e. The fraction of sp³-hybridized carbons (Fsp3) is 0.423. The number of rotatable bonds is 8. The Hall–Kier alpha value is -3.00. The van der Waals surface area contributed by atoms with E-state index in [1.54, 1.807) is 11.8 Å². The zero-order valence-corrected chi connectivity index (χ0v) is 20.1. The van der Waals surface area contributed by atoms with Crippen LogP contribution < -0.4 is 5.32 Å². The summed E-state index contributed by atoms with van der Waals surface area (Å²) in [5.74, 6) is 0.150. The van der Waals surface area contributed by atoms with Gasteiger partial charge in [-0.15, -0.1) is 0 Å². The van der Waals surface area contributed by atoms with Crippen molar-refractivity contribution < 1.29 is 24.2 Å². The van der Waals surface area contributed by atoms with Gasteiger partial charge in [0.2, 0.25) is 5.91 Å². The van der Waals surface area contributed by atoms with Crippen molar-refractivity contribution in [2.24, 2.45) is 5.41 Å². The van der Waals surface area contributed by atoms with Crippen LogP contribution in [0.2, 0.25) is 0 Å². The molecule has 2 N–H and O–H groups in total. The van der Waals surface area contributed by atoms with E-state index >= 15 is 0 Å². The van der Waals surface area contributed by atoms with Gasteiger partial charge in [0, 0.05) is 31.3 Å². The van der Waals surface area contributed by atoms with Crippen molar-refractivity contribution in [1.82, 2.24) is 10.2 Å². The molecular weight excluding hydrogens is 452 g/mol. The monoisotopic (exact) mass is 482 g/mol. The second kappa shape index (κ2) is 10.5. The molecule has 0 saturated carbocycles. The van der Waals surface area contributed by atoms with Crippen LogP contribution in [-0.2, 0) is 14.3 Å². The van der Waals surface area contributed by atoms with Gasteiger partial charge in [-0.05, 0) is 42.0 Å². The highest BCUT2D eigenvalue weighted by atomic mass is 32.2. The van der Waals surface area contributed by atoms with Gasteiger partial charge in [-0.25, -0.2) is 4.79 Å². The van der Waals surface area contributed by atoms with Crippen LogP contribution in [-0.4, -0.2) is 65.7 Å². The molecule has 180 valence electrons. The predicted molar refractivity (Wildman–Crippen MR) is 132 cm³/mol. The van der Waals surface area contributed by atoms with E-state index in [1.165, 1.54) is 34.0 Å². The summed E-state index contributed by atoms with van der Waals surface area (Å²) in [6.07, 6.45) is 0.488. The minimum Gasteiger partial charge on any atom is -0.481 e. The fourth-order valence-electron chi connectivity index (χ4n) is 4.59. The minimum atomic E-state index is -0.798. The summed E-state index contributed by atoms with van der Waals surface area (Å²) in [7, 11) is 0. The normalized spacial score (nSPS) is 16.4.